The fourth-order valence-electron chi connectivity index (χ4n) is 1.38. The summed E-state index contributed by atoms with van der Waals surface area (Å²) in [7, 11) is 1.61. The van der Waals surface area contributed by atoms with Crippen molar-refractivity contribution in [3.63, 3.8) is 0 Å². The third-order valence-electron chi connectivity index (χ3n) is 2.16. The van der Waals surface area contributed by atoms with Gasteiger partial charge >= 0.3 is 0 Å². The maximum Gasteiger partial charge on any atom is 0.251 e. The van der Waals surface area contributed by atoms with Gasteiger partial charge in [0.05, 0.1) is 5.69 Å². The number of rotatable bonds is 1. The van der Waals surface area contributed by atoms with Crippen LogP contribution in [0.15, 0.2) is 29.4 Å². The summed E-state index contributed by atoms with van der Waals surface area (Å²) in [6, 6.07) is 5.45. The van der Waals surface area contributed by atoms with E-state index in [9.17, 15) is 4.79 Å². The summed E-state index contributed by atoms with van der Waals surface area (Å²) in [6.45, 7) is 0. The van der Waals surface area contributed by atoms with E-state index in [-0.39, 0.29) is 5.91 Å². The Hall–Kier alpha value is -2.10. The van der Waals surface area contributed by atoms with Crippen LogP contribution in [0.4, 0.5) is 5.69 Å². The van der Waals surface area contributed by atoms with E-state index in [0.29, 0.717) is 5.56 Å². The molecular formula is C11H11N3O. The molecule has 1 aliphatic heterocycles. The van der Waals surface area contributed by atoms with E-state index in [4.69, 9.17) is 0 Å². The maximum atomic E-state index is 11.4. The molecule has 1 aromatic carbocycles. The van der Waals surface area contributed by atoms with Crippen LogP contribution >= 0.6 is 0 Å². The Labute approximate surface area is 87.7 Å². The van der Waals surface area contributed by atoms with Gasteiger partial charge in [0.25, 0.3) is 5.91 Å². The topological polar surface area (TPSA) is 53.5 Å². The molecule has 0 unspecified atom stereocenters. The monoisotopic (exact) mass is 201 g/mol. The van der Waals surface area contributed by atoms with Crippen molar-refractivity contribution in [1.29, 1.82) is 0 Å². The average Bonchev–Trinajstić information content (AvgIpc) is 2.51. The molecule has 15 heavy (non-hydrogen) atoms. The fourth-order valence-corrected chi connectivity index (χ4v) is 1.38. The van der Waals surface area contributed by atoms with E-state index in [1.165, 1.54) is 0 Å². The average molecular weight is 201 g/mol. The lowest BCUT2D eigenvalue weighted by Gasteiger charge is -2.06. The van der Waals surface area contributed by atoms with Crippen molar-refractivity contribution in [2.24, 2.45) is 5.10 Å². The van der Waals surface area contributed by atoms with Gasteiger partial charge < -0.3 is 5.32 Å². The molecule has 0 atom stereocenters. The number of anilines is 1. The number of hydrogen-bond acceptors (Lipinski definition) is 3. The van der Waals surface area contributed by atoms with Crippen LogP contribution < -0.4 is 10.7 Å². The molecule has 2 rings (SSSR count). The molecule has 0 spiro atoms. The summed E-state index contributed by atoms with van der Waals surface area (Å²) >= 11 is 0. The number of carbonyl (C=O) groups is 1. The predicted molar refractivity (Wildman–Crippen MR) is 61.0 cm³/mol. The maximum absolute atomic E-state index is 11.4. The van der Waals surface area contributed by atoms with Crippen LogP contribution in [-0.2, 0) is 0 Å². The number of carbonyl (C=O) groups excluding carboxylic acids is 1. The zero-order valence-corrected chi connectivity index (χ0v) is 8.32. The van der Waals surface area contributed by atoms with E-state index in [2.05, 4.69) is 15.8 Å². The summed E-state index contributed by atoms with van der Waals surface area (Å²) in [4.78, 5) is 11.4. The van der Waals surface area contributed by atoms with E-state index in [1.807, 2.05) is 18.2 Å². The van der Waals surface area contributed by atoms with Crippen molar-refractivity contribution >= 4 is 23.9 Å². The third-order valence-corrected chi connectivity index (χ3v) is 2.16. The summed E-state index contributed by atoms with van der Waals surface area (Å²) in [5.74, 6) is -0.100. The molecule has 0 fully saturated rings. The minimum Gasteiger partial charge on any atom is -0.355 e. The molecule has 76 valence electrons. The molecule has 4 nitrogen and oxygen atoms in total. The molecule has 0 aliphatic carbocycles. The van der Waals surface area contributed by atoms with Gasteiger partial charge in [-0.1, -0.05) is 12.1 Å². The van der Waals surface area contributed by atoms with Gasteiger partial charge in [0, 0.05) is 18.8 Å². The number of nitrogens with zero attached hydrogens (tertiary/aromatic N) is 1. The number of benzene rings is 1. The second-order valence-corrected chi connectivity index (χ2v) is 3.13. The second-order valence-electron chi connectivity index (χ2n) is 3.13. The van der Waals surface area contributed by atoms with Crippen molar-refractivity contribution in [3.05, 3.63) is 35.4 Å². The Morgan fingerprint density at radius 3 is 3.13 bits per heavy atom. The zero-order valence-electron chi connectivity index (χ0n) is 8.32. The summed E-state index contributed by atoms with van der Waals surface area (Å²) in [5.41, 5.74) is 5.34. The van der Waals surface area contributed by atoms with Gasteiger partial charge in [-0.25, -0.2) is 0 Å². The van der Waals surface area contributed by atoms with E-state index in [1.54, 1.807) is 25.4 Å². The number of hydrogen-bond donors (Lipinski definition) is 2. The predicted octanol–water partition coefficient (Wildman–Crippen LogP) is 1.47. The normalized spacial score (nSPS) is 12.6. The Balaban J connectivity index is 2.42. The molecule has 0 saturated carbocycles. The highest BCUT2D eigenvalue weighted by molar-refractivity contribution is 5.96. The first-order valence-electron chi connectivity index (χ1n) is 4.63. The van der Waals surface area contributed by atoms with Gasteiger partial charge in [-0.3, -0.25) is 10.2 Å². The van der Waals surface area contributed by atoms with Crippen LogP contribution in [0.5, 0.6) is 0 Å². The second kappa shape index (κ2) is 3.96. The van der Waals surface area contributed by atoms with Gasteiger partial charge in [0.1, 0.15) is 0 Å². The standard InChI is InChI=1S/C11H11N3O/c1-12-11(15)9-5-4-8-3-2-6-13-14-10(8)7-9/h2-7,14H,1H3,(H,12,15). The van der Waals surface area contributed by atoms with Gasteiger partial charge in [-0.15, -0.1) is 0 Å². The number of nitrogens with one attached hydrogen (secondary N) is 2. The van der Waals surface area contributed by atoms with E-state index in [0.717, 1.165) is 11.3 Å². The zero-order chi connectivity index (χ0) is 10.7. The van der Waals surface area contributed by atoms with Crippen molar-refractivity contribution in [2.45, 2.75) is 0 Å². The number of amides is 1. The van der Waals surface area contributed by atoms with Crippen molar-refractivity contribution in [3.8, 4) is 0 Å². The fraction of sp³-hybridized carbons (Fsp3) is 0.0909. The molecule has 4 heteroatoms. The molecule has 1 amide bonds. The SMILES string of the molecule is CNC(=O)c1ccc2c(c1)NN=CC=C2. The first kappa shape index (κ1) is 9.45. The first-order valence-corrected chi connectivity index (χ1v) is 4.63. The summed E-state index contributed by atoms with van der Waals surface area (Å²) in [5, 5.41) is 6.53. The van der Waals surface area contributed by atoms with Crippen molar-refractivity contribution < 1.29 is 4.79 Å². The lowest BCUT2D eigenvalue weighted by Crippen LogP contribution is -2.17. The Morgan fingerprint density at radius 2 is 2.33 bits per heavy atom. The summed E-state index contributed by atoms with van der Waals surface area (Å²) < 4.78 is 0. The van der Waals surface area contributed by atoms with Crippen LogP contribution in [0.2, 0.25) is 0 Å². The van der Waals surface area contributed by atoms with Crippen LogP contribution in [-0.4, -0.2) is 19.2 Å². The highest BCUT2D eigenvalue weighted by Crippen LogP contribution is 2.20. The van der Waals surface area contributed by atoms with Crippen LogP contribution in [0.3, 0.4) is 0 Å². The molecule has 1 aromatic rings. The molecule has 1 aliphatic rings. The van der Waals surface area contributed by atoms with E-state index >= 15 is 0 Å². The number of allylic oxidation sites excluding steroid dienone is 1. The molecule has 0 bridgehead atoms. The van der Waals surface area contributed by atoms with Crippen molar-refractivity contribution in [1.82, 2.24) is 5.32 Å². The van der Waals surface area contributed by atoms with Crippen molar-refractivity contribution in [2.75, 3.05) is 12.5 Å². The first-order chi connectivity index (χ1) is 7.31. The lowest BCUT2D eigenvalue weighted by molar-refractivity contribution is 0.0963. The minimum absolute atomic E-state index is 0.100. The Morgan fingerprint density at radius 1 is 1.47 bits per heavy atom. The highest BCUT2D eigenvalue weighted by atomic mass is 16.1. The van der Waals surface area contributed by atoms with Crippen LogP contribution in [0, 0.1) is 0 Å². The van der Waals surface area contributed by atoms with Gasteiger partial charge in [-0.05, 0) is 23.8 Å². The Bertz CT molecular complexity index is 449. The smallest absolute Gasteiger partial charge is 0.251 e. The van der Waals surface area contributed by atoms with Crippen LogP contribution in [0.25, 0.3) is 6.08 Å². The third kappa shape index (κ3) is 1.88. The molecule has 0 aromatic heterocycles. The van der Waals surface area contributed by atoms with Crippen LogP contribution in [0.1, 0.15) is 15.9 Å². The van der Waals surface area contributed by atoms with Gasteiger partial charge in [0.15, 0.2) is 0 Å². The van der Waals surface area contributed by atoms with E-state index < -0.39 is 0 Å². The quantitative estimate of drug-likeness (QED) is 0.723. The minimum atomic E-state index is -0.100. The summed E-state index contributed by atoms with van der Waals surface area (Å²) in [6.07, 6.45) is 5.45. The Kier molecular flexibility index (Phi) is 2.49. The van der Waals surface area contributed by atoms with Gasteiger partial charge in [0.2, 0.25) is 0 Å². The molecule has 2 N–H and O–H groups in total. The lowest BCUT2D eigenvalue weighted by atomic mass is 10.1. The molecule has 0 radical (unpaired) electrons. The largest absolute Gasteiger partial charge is 0.355 e. The molecule has 0 saturated heterocycles. The number of hydrazone groups is 1. The molecular weight excluding hydrogens is 190 g/mol. The molecule has 1 heterocycles. The van der Waals surface area contributed by atoms with Gasteiger partial charge in [-0.2, -0.15) is 5.10 Å². The highest BCUT2D eigenvalue weighted by Gasteiger charge is 2.07. The number of fused-ring (bicyclic) bond motifs is 1.